The standard InChI is InChI=1S/C22H24N6OS/c1-30-16-10-8-15(9-11-16)26-22(29)24-12-4-5-13-28-14-25-19-20(28)17-6-2-3-7-18(17)27-21(19)23/h2-3,6-11,14H,4-5,12-13H2,1H3,(H2,23,27)(H2,24,26,29). The van der Waals surface area contributed by atoms with Gasteiger partial charge in [0.2, 0.25) is 0 Å². The van der Waals surface area contributed by atoms with Gasteiger partial charge in [-0.2, -0.15) is 0 Å². The monoisotopic (exact) mass is 420 g/mol. The van der Waals surface area contributed by atoms with Crippen LogP contribution in [0, 0.1) is 0 Å². The first kappa shape index (κ1) is 20.0. The molecule has 0 radical (unpaired) electrons. The smallest absolute Gasteiger partial charge is 0.319 e. The van der Waals surface area contributed by atoms with Crippen molar-refractivity contribution in [1.82, 2.24) is 19.9 Å². The second kappa shape index (κ2) is 9.04. The second-order valence-electron chi connectivity index (χ2n) is 6.97. The molecule has 0 fully saturated rings. The molecule has 0 saturated carbocycles. The highest BCUT2D eigenvalue weighted by Gasteiger charge is 2.11. The molecular formula is C22H24N6OS. The number of hydrogen-bond donors (Lipinski definition) is 3. The van der Waals surface area contributed by atoms with Crippen molar-refractivity contribution in [2.45, 2.75) is 24.3 Å². The Morgan fingerprint density at radius 2 is 1.93 bits per heavy atom. The van der Waals surface area contributed by atoms with Gasteiger partial charge in [0.1, 0.15) is 5.52 Å². The van der Waals surface area contributed by atoms with Crippen LogP contribution in [0.4, 0.5) is 16.3 Å². The molecule has 0 unspecified atom stereocenters. The molecule has 30 heavy (non-hydrogen) atoms. The number of nitrogen functional groups attached to an aromatic ring is 1. The number of pyridine rings is 1. The predicted molar refractivity (Wildman–Crippen MR) is 124 cm³/mol. The van der Waals surface area contributed by atoms with Crippen LogP contribution in [-0.2, 0) is 6.54 Å². The maximum absolute atomic E-state index is 12.1. The number of carbonyl (C=O) groups is 1. The Hall–Kier alpha value is -3.26. The Morgan fingerprint density at radius 3 is 2.73 bits per heavy atom. The van der Waals surface area contributed by atoms with E-state index in [0.717, 1.165) is 47.0 Å². The van der Waals surface area contributed by atoms with E-state index in [9.17, 15) is 4.79 Å². The fourth-order valence-corrected chi connectivity index (χ4v) is 3.84. The number of imidazole rings is 1. The van der Waals surface area contributed by atoms with Crippen molar-refractivity contribution >= 4 is 51.2 Å². The number of anilines is 2. The number of aryl methyl sites for hydroxylation is 1. The molecule has 8 heteroatoms. The Kier molecular flexibility index (Phi) is 6.04. The number of nitrogens with zero attached hydrogens (tertiary/aromatic N) is 3. The normalized spacial score (nSPS) is 11.1. The lowest BCUT2D eigenvalue weighted by Crippen LogP contribution is -2.29. The minimum absolute atomic E-state index is 0.190. The number of urea groups is 1. The second-order valence-corrected chi connectivity index (χ2v) is 7.85. The van der Waals surface area contributed by atoms with Crippen LogP contribution in [0.5, 0.6) is 0 Å². The van der Waals surface area contributed by atoms with Crippen molar-refractivity contribution in [3.05, 3.63) is 54.9 Å². The van der Waals surface area contributed by atoms with E-state index in [1.807, 2.05) is 61.1 Å². The highest BCUT2D eigenvalue weighted by atomic mass is 32.2. The molecule has 0 bridgehead atoms. The number of rotatable bonds is 7. The van der Waals surface area contributed by atoms with Crippen molar-refractivity contribution < 1.29 is 4.79 Å². The van der Waals surface area contributed by atoms with E-state index >= 15 is 0 Å². The highest BCUT2D eigenvalue weighted by molar-refractivity contribution is 7.98. The molecule has 4 N–H and O–H groups in total. The fraction of sp³-hybridized carbons (Fsp3) is 0.227. The molecule has 7 nitrogen and oxygen atoms in total. The minimum atomic E-state index is -0.190. The minimum Gasteiger partial charge on any atom is -0.382 e. The van der Waals surface area contributed by atoms with E-state index < -0.39 is 0 Å². The molecule has 2 amide bonds. The lowest BCUT2D eigenvalue weighted by molar-refractivity contribution is 0.252. The first-order valence-electron chi connectivity index (χ1n) is 9.83. The van der Waals surface area contributed by atoms with E-state index in [2.05, 4.69) is 25.2 Å². The van der Waals surface area contributed by atoms with Crippen molar-refractivity contribution in [2.24, 2.45) is 0 Å². The Labute approximate surface area is 179 Å². The zero-order chi connectivity index (χ0) is 20.9. The van der Waals surface area contributed by atoms with Gasteiger partial charge in [-0.25, -0.2) is 14.8 Å². The first-order valence-corrected chi connectivity index (χ1v) is 11.1. The number of aromatic nitrogens is 3. The van der Waals surface area contributed by atoms with Gasteiger partial charge in [-0.1, -0.05) is 18.2 Å². The SMILES string of the molecule is CSc1ccc(NC(=O)NCCCCn2cnc3c(N)nc4ccccc4c32)cc1. The number of benzene rings is 2. The maximum atomic E-state index is 12.1. The summed E-state index contributed by atoms with van der Waals surface area (Å²) in [5.41, 5.74) is 9.48. The van der Waals surface area contributed by atoms with Gasteiger partial charge in [0.25, 0.3) is 0 Å². The highest BCUT2D eigenvalue weighted by Crippen LogP contribution is 2.27. The number of para-hydroxylation sites is 1. The van der Waals surface area contributed by atoms with Crippen LogP contribution >= 0.6 is 11.8 Å². The summed E-state index contributed by atoms with van der Waals surface area (Å²) in [6, 6.07) is 15.5. The summed E-state index contributed by atoms with van der Waals surface area (Å²) in [5.74, 6) is 0.450. The number of hydrogen-bond acceptors (Lipinski definition) is 5. The quantitative estimate of drug-likeness (QED) is 0.302. The fourth-order valence-electron chi connectivity index (χ4n) is 3.43. The zero-order valence-corrected chi connectivity index (χ0v) is 17.6. The molecule has 4 rings (SSSR count). The van der Waals surface area contributed by atoms with Crippen LogP contribution in [0.15, 0.2) is 59.8 Å². The third-order valence-corrected chi connectivity index (χ3v) is 5.68. The van der Waals surface area contributed by atoms with Crippen LogP contribution < -0.4 is 16.4 Å². The lowest BCUT2D eigenvalue weighted by atomic mass is 10.2. The first-order chi connectivity index (χ1) is 14.7. The van der Waals surface area contributed by atoms with E-state index in [1.165, 1.54) is 4.90 Å². The average molecular weight is 421 g/mol. The molecule has 4 aromatic rings. The van der Waals surface area contributed by atoms with Crippen molar-refractivity contribution in [3.63, 3.8) is 0 Å². The number of carbonyl (C=O) groups excluding carboxylic acids is 1. The largest absolute Gasteiger partial charge is 0.382 e. The molecular weight excluding hydrogens is 396 g/mol. The number of nitrogens with two attached hydrogens (primary N) is 1. The number of thioether (sulfide) groups is 1. The number of unbranched alkanes of at least 4 members (excludes halogenated alkanes) is 1. The van der Waals surface area contributed by atoms with Crippen molar-refractivity contribution in [1.29, 1.82) is 0 Å². The molecule has 2 heterocycles. The predicted octanol–water partition coefficient (Wildman–Crippen LogP) is 4.49. The van der Waals surface area contributed by atoms with Gasteiger partial charge in [-0.3, -0.25) is 0 Å². The average Bonchev–Trinajstić information content (AvgIpc) is 3.19. The molecule has 0 atom stereocenters. The summed E-state index contributed by atoms with van der Waals surface area (Å²) in [6.45, 7) is 1.40. The van der Waals surface area contributed by atoms with Crippen LogP contribution in [0.25, 0.3) is 21.9 Å². The van der Waals surface area contributed by atoms with E-state index in [4.69, 9.17) is 5.73 Å². The molecule has 0 aliphatic rings. The Balaban J connectivity index is 1.30. The summed E-state index contributed by atoms with van der Waals surface area (Å²) in [5, 5.41) is 6.80. The van der Waals surface area contributed by atoms with Crippen molar-refractivity contribution in [3.8, 4) is 0 Å². The third kappa shape index (κ3) is 4.33. The Morgan fingerprint density at radius 1 is 1.13 bits per heavy atom. The van der Waals surface area contributed by atoms with Gasteiger partial charge < -0.3 is 20.9 Å². The number of fused-ring (bicyclic) bond motifs is 3. The molecule has 0 saturated heterocycles. The molecule has 2 aromatic carbocycles. The van der Waals surface area contributed by atoms with E-state index in [1.54, 1.807) is 11.8 Å². The summed E-state index contributed by atoms with van der Waals surface area (Å²) >= 11 is 1.67. The van der Waals surface area contributed by atoms with Crippen LogP contribution in [0.3, 0.4) is 0 Å². The van der Waals surface area contributed by atoms with Gasteiger partial charge in [-0.15, -0.1) is 11.8 Å². The van der Waals surface area contributed by atoms with Gasteiger partial charge >= 0.3 is 6.03 Å². The van der Waals surface area contributed by atoms with Gasteiger partial charge in [-0.05, 0) is 49.4 Å². The topological polar surface area (TPSA) is 97.9 Å². The van der Waals surface area contributed by atoms with Crippen LogP contribution in [0.1, 0.15) is 12.8 Å². The molecule has 154 valence electrons. The van der Waals surface area contributed by atoms with E-state index in [-0.39, 0.29) is 6.03 Å². The summed E-state index contributed by atoms with van der Waals surface area (Å²) in [6.07, 6.45) is 5.60. The number of amides is 2. The van der Waals surface area contributed by atoms with Gasteiger partial charge in [0, 0.05) is 29.1 Å². The summed E-state index contributed by atoms with van der Waals surface area (Å²) in [4.78, 5) is 22.1. The third-order valence-electron chi connectivity index (χ3n) is 4.94. The van der Waals surface area contributed by atoms with Crippen molar-refractivity contribution in [2.75, 3.05) is 23.9 Å². The lowest BCUT2D eigenvalue weighted by Gasteiger charge is -2.09. The molecule has 2 aromatic heterocycles. The molecule has 0 spiro atoms. The summed E-state index contributed by atoms with van der Waals surface area (Å²) in [7, 11) is 0. The number of nitrogens with one attached hydrogen (secondary N) is 2. The van der Waals surface area contributed by atoms with Gasteiger partial charge in [0.15, 0.2) is 5.82 Å². The molecule has 0 aliphatic heterocycles. The molecule has 0 aliphatic carbocycles. The maximum Gasteiger partial charge on any atom is 0.319 e. The van der Waals surface area contributed by atoms with E-state index in [0.29, 0.717) is 12.4 Å². The van der Waals surface area contributed by atoms with Crippen LogP contribution in [0.2, 0.25) is 0 Å². The van der Waals surface area contributed by atoms with Gasteiger partial charge in [0.05, 0.1) is 17.4 Å². The van der Waals surface area contributed by atoms with Crippen LogP contribution in [-0.4, -0.2) is 33.4 Å². The Bertz CT molecular complexity index is 1170. The zero-order valence-electron chi connectivity index (χ0n) is 16.8. The summed E-state index contributed by atoms with van der Waals surface area (Å²) < 4.78 is 2.11.